The molecular weight excluding hydrogens is 254 g/mol. The molecule has 0 saturated carbocycles. The van der Waals surface area contributed by atoms with Gasteiger partial charge in [0.05, 0.1) is 20.3 Å². The van der Waals surface area contributed by atoms with Gasteiger partial charge in [0.25, 0.3) is 0 Å². The minimum Gasteiger partial charge on any atom is -0.497 e. The summed E-state index contributed by atoms with van der Waals surface area (Å²) >= 11 is 0. The van der Waals surface area contributed by atoms with Gasteiger partial charge in [-0.3, -0.25) is 0 Å². The number of aromatic nitrogens is 1. The molecular formula is C16H21NO3. The summed E-state index contributed by atoms with van der Waals surface area (Å²) in [7, 11) is 3.35. The third kappa shape index (κ3) is 4.11. The summed E-state index contributed by atoms with van der Waals surface area (Å²) in [6.45, 7) is 1.79. The van der Waals surface area contributed by atoms with Crippen molar-refractivity contribution in [2.24, 2.45) is 0 Å². The van der Waals surface area contributed by atoms with E-state index < -0.39 is 0 Å². The van der Waals surface area contributed by atoms with Crippen molar-refractivity contribution in [2.45, 2.75) is 13.2 Å². The van der Waals surface area contributed by atoms with Gasteiger partial charge in [-0.05, 0) is 29.8 Å². The van der Waals surface area contributed by atoms with Crippen molar-refractivity contribution in [1.82, 2.24) is 4.57 Å². The average Bonchev–Trinajstić information content (AvgIpc) is 2.92. The number of rotatable bonds is 8. The largest absolute Gasteiger partial charge is 0.497 e. The Kier molecular flexibility index (Phi) is 5.65. The Morgan fingerprint density at radius 1 is 1.00 bits per heavy atom. The van der Waals surface area contributed by atoms with Crippen LogP contribution in [0.4, 0.5) is 0 Å². The first-order chi connectivity index (χ1) is 9.83. The topological polar surface area (TPSA) is 32.6 Å². The third-order valence-electron chi connectivity index (χ3n) is 3.13. The van der Waals surface area contributed by atoms with E-state index >= 15 is 0 Å². The molecule has 0 amide bonds. The number of hydrogen-bond donors (Lipinski definition) is 0. The van der Waals surface area contributed by atoms with Gasteiger partial charge in [0.15, 0.2) is 0 Å². The van der Waals surface area contributed by atoms with Gasteiger partial charge in [-0.2, -0.15) is 0 Å². The van der Waals surface area contributed by atoms with E-state index in [1.807, 2.05) is 24.4 Å². The summed E-state index contributed by atoms with van der Waals surface area (Å²) in [5.41, 5.74) is 2.48. The molecule has 0 N–H and O–H groups in total. The third-order valence-corrected chi connectivity index (χ3v) is 3.13. The molecule has 4 heteroatoms. The lowest BCUT2D eigenvalue weighted by molar-refractivity contribution is 0.0334. The highest BCUT2D eigenvalue weighted by molar-refractivity contribution is 5.30. The van der Waals surface area contributed by atoms with Gasteiger partial charge in [-0.25, -0.2) is 0 Å². The van der Waals surface area contributed by atoms with Crippen molar-refractivity contribution in [3.63, 3.8) is 0 Å². The maximum absolute atomic E-state index is 5.55. The molecule has 4 nitrogen and oxygen atoms in total. The molecule has 108 valence electrons. The molecule has 1 heterocycles. The van der Waals surface area contributed by atoms with Gasteiger partial charge < -0.3 is 18.8 Å². The molecule has 20 heavy (non-hydrogen) atoms. The van der Waals surface area contributed by atoms with Crippen LogP contribution >= 0.6 is 0 Å². The van der Waals surface area contributed by atoms with Crippen LogP contribution in [0.5, 0.6) is 5.75 Å². The van der Waals surface area contributed by atoms with Gasteiger partial charge in [-0.15, -0.1) is 0 Å². The number of methoxy groups -OCH3 is 2. The second kappa shape index (κ2) is 7.72. The Morgan fingerprint density at radius 3 is 2.50 bits per heavy atom. The van der Waals surface area contributed by atoms with E-state index in [4.69, 9.17) is 14.2 Å². The van der Waals surface area contributed by atoms with Gasteiger partial charge in [0.1, 0.15) is 12.5 Å². The van der Waals surface area contributed by atoms with Crippen molar-refractivity contribution in [2.75, 3.05) is 27.4 Å². The first-order valence-corrected chi connectivity index (χ1v) is 6.67. The minimum absolute atomic E-state index is 0.557. The first-order valence-electron chi connectivity index (χ1n) is 6.67. The maximum Gasteiger partial charge on any atom is 0.122 e. The molecule has 0 spiro atoms. The Morgan fingerprint density at radius 2 is 1.80 bits per heavy atom. The molecule has 2 aromatic rings. The number of nitrogens with zero attached hydrogens (tertiary/aromatic N) is 1. The number of ether oxygens (including phenoxy) is 3. The predicted molar refractivity (Wildman–Crippen MR) is 78.1 cm³/mol. The van der Waals surface area contributed by atoms with Crippen molar-refractivity contribution in [3.05, 3.63) is 53.9 Å². The van der Waals surface area contributed by atoms with E-state index in [0.717, 1.165) is 12.2 Å². The van der Waals surface area contributed by atoms with Crippen LogP contribution in [0.1, 0.15) is 11.3 Å². The van der Waals surface area contributed by atoms with Crippen molar-refractivity contribution < 1.29 is 14.2 Å². The zero-order valence-corrected chi connectivity index (χ0v) is 12.0. The van der Waals surface area contributed by atoms with E-state index in [-0.39, 0.29) is 0 Å². The monoisotopic (exact) mass is 275 g/mol. The molecule has 0 bridgehead atoms. The molecule has 0 aliphatic rings. The Bertz CT molecular complexity index is 505. The SMILES string of the molecule is COCCOCn1cccc1Cc1ccc(OC)cc1. The molecule has 0 radical (unpaired) electrons. The van der Waals surface area contributed by atoms with Crippen LogP contribution in [0.15, 0.2) is 42.6 Å². The standard InChI is InChI=1S/C16H21NO3/c1-18-10-11-20-13-17-9-3-4-15(17)12-14-5-7-16(19-2)8-6-14/h3-9H,10-13H2,1-2H3. The fraction of sp³-hybridized carbons (Fsp3) is 0.375. The Hall–Kier alpha value is -1.78. The summed E-state index contributed by atoms with van der Waals surface area (Å²) < 4.78 is 17.8. The Balaban J connectivity index is 1.93. The lowest BCUT2D eigenvalue weighted by atomic mass is 10.1. The number of hydrogen-bond acceptors (Lipinski definition) is 3. The normalized spacial score (nSPS) is 10.7. The maximum atomic E-state index is 5.55. The van der Waals surface area contributed by atoms with Crippen LogP contribution in [0, 0.1) is 0 Å². The zero-order chi connectivity index (χ0) is 14.2. The smallest absolute Gasteiger partial charge is 0.122 e. The van der Waals surface area contributed by atoms with Gasteiger partial charge in [-0.1, -0.05) is 12.1 Å². The fourth-order valence-corrected chi connectivity index (χ4v) is 1.99. The van der Waals surface area contributed by atoms with Crippen LogP contribution in [0.3, 0.4) is 0 Å². The fourth-order valence-electron chi connectivity index (χ4n) is 1.99. The van der Waals surface area contributed by atoms with Crippen LogP contribution in [-0.2, 0) is 22.6 Å². The van der Waals surface area contributed by atoms with Crippen LogP contribution in [0.25, 0.3) is 0 Å². The highest BCUT2D eigenvalue weighted by atomic mass is 16.5. The second-order valence-corrected chi connectivity index (χ2v) is 4.52. The minimum atomic E-state index is 0.557. The molecule has 0 unspecified atom stereocenters. The van der Waals surface area contributed by atoms with Gasteiger partial charge in [0.2, 0.25) is 0 Å². The van der Waals surface area contributed by atoms with Gasteiger partial charge >= 0.3 is 0 Å². The molecule has 0 atom stereocenters. The number of benzene rings is 1. The summed E-state index contributed by atoms with van der Waals surface area (Å²) in [5, 5.41) is 0. The highest BCUT2D eigenvalue weighted by Crippen LogP contribution is 2.15. The molecule has 2 rings (SSSR count). The summed E-state index contributed by atoms with van der Waals surface area (Å²) in [6, 6.07) is 12.3. The van der Waals surface area contributed by atoms with Crippen molar-refractivity contribution in [3.8, 4) is 5.75 Å². The van der Waals surface area contributed by atoms with E-state index in [9.17, 15) is 0 Å². The van der Waals surface area contributed by atoms with E-state index in [0.29, 0.717) is 19.9 Å². The molecule has 1 aromatic carbocycles. The van der Waals surface area contributed by atoms with Crippen LogP contribution in [0.2, 0.25) is 0 Å². The van der Waals surface area contributed by atoms with E-state index in [2.05, 4.69) is 22.8 Å². The van der Waals surface area contributed by atoms with Crippen LogP contribution in [-0.4, -0.2) is 32.0 Å². The molecule has 0 aliphatic heterocycles. The quantitative estimate of drug-likeness (QED) is 0.694. The summed E-state index contributed by atoms with van der Waals surface area (Å²) in [4.78, 5) is 0. The summed E-state index contributed by atoms with van der Waals surface area (Å²) in [5.74, 6) is 0.882. The Labute approximate surface area is 119 Å². The van der Waals surface area contributed by atoms with Crippen molar-refractivity contribution >= 4 is 0 Å². The molecule has 0 saturated heterocycles. The van der Waals surface area contributed by atoms with E-state index in [1.165, 1.54) is 11.3 Å². The first kappa shape index (κ1) is 14.6. The lowest BCUT2D eigenvalue weighted by Crippen LogP contribution is -2.09. The zero-order valence-electron chi connectivity index (χ0n) is 12.0. The summed E-state index contributed by atoms with van der Waals surface area (Å²) in [6.07, 6.45) is 2.91. The second-order valence-electron chi connectivity index (χ2n) is 4.52. The van der Waals surface area contributed by atoms with Crippen molar-refractivity contribution in [1.29, 1.82) is 0 Å². The van der Waals surface area contributed by atoms with Crippen LogP contribution < -0.4 is 4.74 Å². The predicted octanol–water partition coefficient (Wildman–Crippen LogP) is 2.71. The average molecular weight is 275 g/mol. The lowest BCUT2D eigenvalue weighted by Gasteiger charge is -2.10. The molecule has 0 aliphatic carbocycles. The van der Waals surface area contributed by atoms with Gasteiger partial charge in [0, 0.05) is 25.4 Å². The molecule has 1 aromatic heterocycles. The molecule has 0 fully saturated rings. The highest BCUT2D eigenvalue weighted by Gasteiger charge is 2.03. The van der Waals surface area contributed by atoms with E-state index in [1.54, 1.807) is 14.2 Å².